The Bertz CT molecular complexity index is 370. The van der Waals surface area contributed by atoms with Crippen molar-refractivity contribution in [3.63, 3.8) is 0 Å². The minimum Gasteiger partial charge on any atom is -0.466 e. The number of aliphatic hydroxyl groups excluding tert-OH is 1. The number of rotatable bonds is 3. The van der Waals surface area contributed by atoms with E-state index >= 15 is 0 Å². The van der Waals surface area contributed by atoms with E-state index < -0.39 is 17.7 Å². The third-order valence-corrected chi connectivity index (χ3v) is 1.80. The lowest BCUT2D eigenvalue weighted by Gasteiger charge is -2.21. The molecule has 1 N–H and O–H groups in total. The standard InChI is InChI=1S/C12H16O4/c1-8(11(14)16-12(2,3)4)10(13)9-6-5-7-15-9/h5-7,10,13H,1H2,2-4H3. The van der Waals surface area contributed by atoms with Crippen molar-refractivity contribution < 1.29 is 19.1 Å². The minimum absolute atomic E-state index is 0.0372. The molecular weight excluding hydrogens is 208 g/mol. The van der Waals surface area contributed by atoms with Crippen molar-refractivity contribution in [1.82, 2.24) is 0 Å². The number of ether oxygens (including phenoxy) is 1. The molecular formula is C12H16O4. The van der Waals surface area contributed by atoms with Crippen LogP contribution in [0.2, 0.25) is 0 Å². The van der Waals surface area contributed by atoms with Crippen LogP contribution in [0, 0.1) is 0 Å². The number of carbonyl (C=O) groups excluding carboxylic acids is 1. The van der Waals surface area contributed by atoms with E-state index in [4.69, 9.17) is 9.15 Å². The smallest absolute Gasteiger partial charge is 0.337 e. The number of aliphatic hydroxyl groups is 1. The lowest BCUT2D eigenvalue weighted by atomic mass is 10.1. The van der Waals surface area contributed by atoms with Gasteiger partial charge in [0.15, 0.2) is 0 Å². The summed E-state index contributed by atoms with van der Waals surface area (Å²) in [4.78, 5) is 11.6. The van der Waals surface area contributed by atoms with E-state index in [1.807, 2.05) is 0 Å². The summed E-state index contributed by atoms with van der Waals surface area (Å²) < 4.78 is 10.1. The molecule has 0 saturated carbocycles. The van der Waals surface area contributed by atoms with Crippen LogP contribution in [0.5, 0.6) is 0 Å². The fraction of sp³-hybridized carbons (Fsp3) is 0.417. The number of furan rings is 1. The highest BCUT2D eigenvalue weighted by molar-refractivity contribution is 5.89. The van der Waals surface area contributed by atoms with Crippen molar-refractivity contribution in [2.75, 3.05) is 0 Å². The lowest BCUT2D eigenvalue weighted by molar-refractivity contribution is -0.151. The normalized spacial score (nSPS) is 13.2. The molecule has 0 spiro atoms. The van der Waals surface area contributed by atoms with Gasteiger partial charge in [-0.3, -0.25) is 0 Å². The van der Waals surface area contributed by atoms with Crippen LogP contribution in [-0.4, -0.2) is 16.7 Å². The van der Waals surface area contributed by atoms with Crippen LogP contribution in [0.25, 0.3) is 0 Å². The van der Waals surface area contributed by atoms with Gasteiger partial charge in [0.25, 0.3) is 0 Å². The van der Waals surface area contributed by atoms with Crippen LogP contribution in [0.4, 0.5) is 0 Å². The van der Waals surface area contributed by atoms with Gasteiger partial charge >= 0.3 is 5.97 Å². The van der Waals surface area contributed by atoms with Crippen molar-refractivity contribution >= 4 is 5.97 Å². The van der Waals surface area contributed by atoms with Gasteiger partial charge in [0, 0.05) is 0 Å². The van der Waals surface area contributed by atoms with Gasteiger partial charge in [0.1, 0.15) is 17.5 Å². The molecule has 1 heterocycles. The summed E-state index contributed by atoms with van der Waals surface area (Å²) in [5.74, 6) is -0.354. The minimum atomic E-state index is -1.16. The SMILES string of the molecule is C=C(C(=O)OC(C)(C)C)C(O)c1ccco1. The lowest BCUT2D eigenvalue weighted by Crippen LogP contribution is -2.26. The van der Waals surface area contributed by atoms with Crippen LogP contribution in [-0.2, 0) is 9.53 Å². The molecule has 88 valence electrons. The van der Waals surface area contributed by atoms with Gasteiger partial charge in [-0.25, -0.2) is 4.79 Å². The third-order valence-electron chi connectivity index (χ3n) is 1.80. The zero-order valence-electron chi connectivity index (χ0n) is 9.69. The first-order chi connectivity index (χ1) is 7.31. The van der Waals surface area contributed by atoms with E-state index in [1.54, 1.807) is 32.9 Å². The molecule has 1 unspecified atom stereocenters. The van der Waals surface area contributed by atoms with E-state index in [0.29, 0.717) is 0 Å². The molecule has 1 rings (SSSR count). The van der Waals surface area contributed by atoms with Gasteiger partial charge in [-0.15, -0.1) is 0 Å². The van der Waals surface area contributed by atoms with Gasteiger partial charge in [0.2, 0.25) is 0 Å². The Hall–Kier alpha value is -1.55. The van der Waals surface area contributed by atoms with Crippen molar-refractivity contribution in [2.24, 2.45) is 0 Å². The second kappa shape index (κ2) is 4.53. The quantitative estimate of drug-likeness (QED) is 0.631. The van der Waals surface area contributed by atoms with Crippen LogP contribution in [0.15, 0.2) is 35.0 Å². The Morgan fingerprint density at radius 1 is 1.56 bits per heavy atom. The Balaban J connectivity index is 2.68. The predicted molar refractivity (Wildman–Crippen MR) is 58.7 cm³/mol. The molecule has 0 fully saturated rings. The van der Waals surface area contributed by atoms with Crippen molar-refractivity contribution in [3.05, 3.63) is 36.3 Å². The molecule has 4 heteroatoms. The second-order valence-electron chi connectivity index (χ2n) is 4.45. The summed E-state index contributed by atoms with van der Waals surface area (Å²) in [6.07, 6.45) is 0.255. The van der Waals surface area contributed by atoms with E-state index in [2.05, 4.69) is 6.58 Å². The van der Waals surface area contributed by atoms with Crippen molar-refractivity contribution in [3.8, 4) is 0 Å². The molecule has 1 atom stereocenters. The van der Waals surface area contributed by atoms with Gasteiger partial charge in [-0.05, 0) is 32.9 Å². The zero-order chi connectivity index (χ0) is 12.3. The largest absolute Gasteiger partial charge is 0.466 e. The highest BCUT2D eigenvalue weighted by atomic mass is 16.6. The van der Waals surface area contributed by atoms with Gasteiger partial charge in [0.05, 0.1) is 11.8 Å². The number of hydrogen-bond acceptors (Lipinski definition) is 4. The first kappa shape index (κ1) is 12.5. The van der Waals surface area contributed by atoms with Gasteiger partial charge in [-0.2, -0.15) is 0 Å². The van der Waals surface area contributed by atoms with E-state index in [9.17, 15) is 9.90 Å². The highest BCUT2D eigenvalue weighted by Crippen LogP contribution is 2.23. The fourth-order valence-corrected chi connectivity index (χ4v) is 1.07. The topological polar surface area (TPSA) is 59.7 Å². The fourth-order valence-electron chi connectivity index (χ4n) is 1.07. The Morgan fingerprint density at radius 3 is 2.62 bits per heavy atom. The molecule has 0 saturated heterocycles. The predicted octanol–water partition coefficient (Wildman–Crippen LogP) is 2.21. The van der Waals surface area contributed by atoms with Crippen molar-refractivity contribution in [2.45, 2.75) is 32.5 Å². The Morgan fingerprint density at radius 2 is 2.19 bits per heavy atom. The van der Waals surface area contributed by atoms with E-state index in [-0.39, 0.29) is 11.3 Å². The maximum atomic E-state index is 11.6. The van der Waals surface area contributed by atoms with Crippen LogP contribution < -0.4 is 0 Å². The third kappa shape index (κ3) is 3.24. The second-order valence-corrected chi connectivity index (χ2v) is 4.45. The van der Waals surface area contributed by atoms with Crippen LogP contribution in [0.3, 0.4) is 0 Å². The monoisotopic (exact) mass is 224 g/mol. The zero-order valence-corrected chi connectivity index (χ0v) is 9.69. The Kier molecular flexibility index (Phi) is 3.55. The van der Waals surface area contributed by atoms with E-state index in [1.165, 1.54) is 6.26 Å². The summed E-state index contributed by atoms with van der Waals surface area (Å²) in [6.45, 7) is 8.75. The molecule has 0 aromatic carbocycles. The summed E-state index contributed by atoms with van der Waals surface area (Å²) in [5, 5.41) is 9.75. The number of esters is 1. The number of carbonyl (C=O) groups is 1. The van der Waals surface area contributed by atoms with Crippen LogP contribution in [0.1, 0.15) is 32.6 Å². The maximum absolute atomic E-state index is 11.6. The average molecular weight is 224 g/mol. The summed E-state index contributed by atoms with van der Waals surface area (Å²) in [5.41, 5.74) is -0.645. The molecule has 4 nitrogen and oxygen atoms in total. The molecule has 0 aliphatic heterocycles. The molecule has 0 aliphatic rings. The molecule has 1 aromatic heterocycles. The van der Waals surface area contributed by atoms with E-state index in [0.717, 1.165) is 0 Å². The maximum Gasteiger partial charge on any atom is 0.337 e. The number of hydrogen-bond donors (Lipinski definition) is 1. The average Bonchev–Trinajstić information content (AvgIpc) is 2.65. The highest BCUT2D eigenvalue weighted by Gasteiger charge is 2.25. The molecule has 0 aliphatic carbocycles. The summed E-state index contributed by atoms with van der Waals surface area (Å²) >= 11 is 0. The van der Waals surface area contributed by atoms with Crippen molar-refractivity contribution in [1.29, 1.82) is 0 Å². The van der Waals surface area contributed by atoms with Gasteiger partial charge in [-0.1, -0.05) is 6.58 Å². The van der Waals surface area contributed by atoms with Gasteiger partial charge < -0.3 is 14.3 Å². The molecule has 0 bridgehead atoms. The summed E-state index contributed by atoms with van der Waals surface area (Å²) in [6, 6.07) is 3.20. The molecule has 0 amide bonds. The first-order valence-electron chi connectivity index (χ1n) is 4.95. The summed E-state index contributed by atoms with van der Waals surface area (Å²) in [7, 11) is 0. The Labute approximate surface area is 94.5 Å². The van der Waals surface area contributed by atoms with Crippen LogP contribution >= 0.6 is 0 Å². The molecule has 1 aromatic rings. The molecule has 0 radical (unpaired) electrons. The molecule has 16 heavy (non-hydrogen) atoms. The first-order valence-corrected chi connectivity index (χ1v) is 4.95.